The Kier molecular flexibility index (Phi) is 4.30. The maximum absolute atomic E-state index is 13.9. The van der Waals surface area contributed by atoms with Gasteiger partial charge in [0.05, 0.1) is 5.02 Å². The summed E-state index contributed by atoms with van der Waals surface area (Å²) in [5.74, 6) is -0.131. The van der Waals surface area contributed by atoms with Crippen LogP contribution in [-0.4, -0.2) is 0 Å². The summed E-state index contributed by atoms with van der Waals surface area (Å²) in [5, 5.41) is 0.584. The maximum atomic E-state index is 13.9. The second-order valence-electron chi connectivity index (χ2n) is 4.10. The molecule has 0 radical (unpaired) electrons. The van der Waals surface area contributed by atoms with Crippen molar-refractivity contribution in [1.29, 1.82) is 0 Å². The van der Waals surface area contributed by atoms with Gasteiger partial charge in [0, 0.05) is 11.6 Å². The van der Waals surface area contributed by atoms with Crippen molar-refractivity contribution < 1.29 is 9.13 Å². The number of para-hydroxylation sites is 1. The number of ether oxygens (including phenoxy) is 1. The molecule has 100 valence electrons. The van der Waals surface area contributed by atoms with E-state index in [1.165, 1.54) is 6.07 Å². The van der Waals surface area contributed by atoms with Crippen molar-refractivity contribution in [3.05, 3.63) is 57.8 Å². The molecule has 2 aromatic carbocycles. The van der Waals surface area contributed by atoms with Crippen LogP contribution in [0.4, 0.5) is 4.39 Å². The minimum Gasteiger partial charge on any atom is -0.452 e. The van der Waals surface area contributed by atoms with E-state index in [1.54, 1.807) is 37.3 Å². The van der Waals surface area contributed by atoms with E-state index in [2.05, 4.69) is 0 Å². The molecule has 0 aromatic heterocycles. The molecule has 2 aromatic rings. The normalized spacial score (nSPS) is 12.3. The Morgan fingerprint density at radius 1 is 1.16 bits per heavy atom. The molecule has 0 fully saturated rings. The van der Waals surface area contributed by atoms with Crippen LogP contribution in [0.25, 0.3) is 0 Å². The SMILES string of the molecule is CC(N)c1cccc(F)c1Oc1cccc(Cl)c1Cl. The van der Waals surface area contributed by atoms with Crippen molar-refractivity contribution in [2.75, 3.05) is 0 Å². The van der Waals surface area contributed by atoms with Gasteiger partial charge in [0.1, 0.15) is 10.8 Å². The minimum absolute atomic E-state index is 0.0710. The maximum Gasteiger partial charge on any atom is 0.167 e. The summed E-state index contributed by atoms with van der Waals surface area (Å²) >= 11 is 11.9. The van der Waals surface area contributed by atoms with Crippen LogP contribution < -0.4 is 10.5 Å². The molecule has 0 aliphatic heterocycles. The Balaban J connectivity index is 2.46. The average Bonchev–Trinajstić information content (AvgIpc) is 2.36. The monoisotopic (exact) mass is 299 g/mol. The zero-order chi connectivity index (χ0) is 14.0. The van der Waals surface area contributed by atoms with Crippen molar-refractivity contribution in [3.63, 3.8) is 0 Å². The summed E-state index contributed by atoms with van der Waals surface area (Å²) < 4.78 is 19.4. The highest BCUT2D eigenvalue weighted by molar-refractivity contribution is 6.42. The third-order valence-electron chi connectivity index (χ3n) is 2.62. The molecule has 2 rings (SSSR count). The van der Waals surface area contributed by atoms with Crippen LogP contribution in [0.3, 0.4) is 0 Å². The van der Waals surface area contributed by atoms with Gasteiger partial charge in [0.25, 0.3) is 0 Å². The van der Waals surface area contributed by atoms with Gasteiger partial charge in [-0.15, -0.1) is 0 Å². The molecule has 0 amide bonds. The topological polar surface area (TPSA) is 35.2 Å². The van der Waals surface area contributed by atoms with Crippen molar-refractivity contribution in [2.45, 2.75) is 13.0 Å². The quantitative estimate of drug-likeness (QED) is 0.871. The first kappa shape index (κ1) is 14.1. The van der Waals surface area contributed by atoms with Gasteiger partial charge < -0.3 is 10.5 Å². The predicted molar refractivity (Wildman–Crippen MR) is 75.5 cm³/mol. The third kappa shape index (κ3) is 3.00. The third-order valence-corrected chi connectivity index (χ3v) is 3.42. The number of hydrogen-bond acceptors (Lipinski definition) is 2. The van der Waals surface area contributed by atoms with Crippen LogP contribution in [-0.2, 0) is 0 Å². The summed E-state index contributed by atoms with van der Waals surface area (Å²) in [6.45, 7) is 1.75. The molecule has 2 N–H and O–H groups in total. The van der Waals surface area contributed by atoms with Crippen LogP contribution in [0, 0.1) is 5.82 Å². The molecule has 5 heteroatoms. The Labute approximate surface area is 120 Å². The second-order valence-corrected chi connectivity index (χ2v) is 4.89. The molecule has 0 aliphatic carbocycles. The lowest BCUT2D eigenvalue weighted by Crippen LogP contribution is -2.07. The summed E-state index contributed by atoms with van der Waals surface area (Å²) in [7, 11) is 0. The Hall–Kier alpha value is -1.29. The molecule has 0 spiro atoms. The van der Waals surface area contributed by atoms with E-state index in [1.807, 2.05) is 0 Å². The largest absolute Gasteiger partial charge is 0.452 e. The molecule has 2 nitrogen and oxygen atoms in total. The average molecular weight is 300 g/mol. The molecular weight excluding hydrogens is 288 g/mol. The number of nitrogens with two attached hydrogens (primary N) is 1. The van der Waals surface area contributed by atoms with Crippen molar-refractivity contribution in [3.8, 4) is 11.5 Å². The molecule has 19 heavy (non-hydrogen) atoms. The van der Waals surface area contributed by atoms with E-state index in [0.717, 1.165) is 0 Å². The first-order valence-electron chi connectivity index (χ1n) is 5.66. The number of hydrogen-bond donors (Lipinski definition) is 1. The summed E-state index contributed by atoms with van der Waals surface area (Å²) in [4.78, 5) is 0. The Bertz CT molecular complexity index is 602. The van der Waals surface area contributed by atoms with E-state index in [-0.39, 0.29) is 16.8 Å². The summed E-state index contributed by atoms with van der Waals surface area (Å²) in [5.41, 5.74) is 6.37. The van der Waals surface area contributed by atoms with Crippen LogP contribution in [0.15, 0.2) is 36.4 Å². The molecule has 0 bridgehead atoms. The molecule has 0 saturated carbocycles. The van der Waals surface area contributed by atoms with Crippen LogP contribution in [0.1, 0.15) is 18.5 Å². The van der Waals surface area contributed by atoms with E-state index in [0.29, 0.717) is 16.3 Å². The van der Waals surface area contributed by atoms with Crippen LogP contribution in [0.5, 0.6) is 11.5 Å². The van der Waals surface area contributed by atoms with E-state index in [4.69, 9.17) is 33.7 Å². The standard InChI is InChI=1S/C14H12Cl2FNO/c1-8(18)9-4-2-6-11(17)14(9)19-12-7-3-5-10(15)13(12)16/h2-8H,18H2,1H3. The van der Waals surface area contributed by atoms with E-state index < -0.39 is 5.82 Å². The predicted octanol–water partition coefficient (Wildman–Crippen LogP) is 4.94. The number of rotatable bonds is 3. The fourth-order valence-electron chi connectivity index (χ4n) is 1.66. The second kappa shape index (κ2) is 5.78. The fourth-order valence-corrected chi connectivity index (χ4v) is 1.99. The lowest BCUT2D eigenvalue weighted by atomic mass is 10.1. The van der Waals surface area contributed by atoms with Gasteiger partial charge in [0.15, 0.2) is 11.6 Å². The van der Waals surface area contributed by atoms with Gasteiger partial charge in [-0.3, -0.25) is 0 Å². The van der Waals surface area contributed by atoms with Gasteiger partial charge >= 0.3 is 0 Å². The molecule has 1 unspecified atom stereocenters. The number of halogens is 3. The summed E-state index contributed by atoms with van der Waals surface area (Å²) in [6.07, 6.45) is 0. The highest BCUT2D eigenvalue weighted by Gasteiger charge is 2.16. The Morgan fingerprint density at radius 3 is 2.53 bits per heavy atom. The first-order chi connectivity index (χ1) is 9.00. The lowest BCUT2D eigenvalue weighted by Gasteiger charge is -2.15. The minimum atomic E-state index is -0.495. The molecule has 0 saturated heterocycles. The van der Waals surface area contributed by atoms with E-state index >= 15 is 0 Å². The molecule has 1 atom stereocenters. The number of benzene rings is 2. The van der Waals surface area contributed by atoms with Crippen molar-refractivity contribution >= 4 is 23.2 Å². The van der Waals surface area contributed by atoms with Gasteiger partial charge in [-0.2, -0.15) is 0 Å². The van der Waals surface area contributed by atoms with Crippen molar-refractivity contribution in [1.82, 2.24) is 0 Å². The lowest BCUT2D eigenvalue weighted by molar-refractivity contribution is 0.433. The van der Waals surface area contributed by atoms with Crippen LogP contribution in [0.2, 0.25) is 10.0 Å². The first-order valence-corrected chi connectivity index (χ1v) is 6.42. The van der Waals surface area contributed by atoms with E-state index in [9.17, 15) is 4.39 Å². The molecule has 0 heterocycles. The highest BCUT2D eigenvalue weighted by atomic mass is 35.5. The van der Waals surface area contributed by atoms with Gasteiger partial charge in [0.2, 0.25) is 0 Å². The van der Waals surface area contributed by atoms with Crippen molar-refractivity contribution in [2.24, 2.45) is 5.73 Å². The zero-order valence-electron chi connectivity index (χ0n) is 10.2. The van der Waals surface area contributed by atoms with Gasteiger partial charge in [-0.1, -0.05) is 41.4 Å². The smallest absolute Gasteiger partial charge is 0.167 e. The Morgan fingerprint density at radius 2 is 1.84 bits per heavy atom. The molecular formula is C14H12Cl2FNO. The zero-order valence-corrected chi connectivity index (χ0v) is 11.7. The van der Waals surface area contributed by atoms with Gasteiger partial charge in [-0.05, 0) is 25.1 Å². The fraction of sp³-hybridized carbons (Fsp3) is 0.143. The van der Waals surface area contributed by atoms with Crippen LogP contribution >= 0.6 is 23.2 Å². The highest BCUT2D eigenvalue weighted by Crippen LogP contribution is 2.37. The van der Waals surface area contributed by atoms with Gasteiger partial charge in [-0.25, -0.2) is 4.39 Å². The molecule has 0 aliphatic rings. The summed E-state index contributed by atoms with van der Waals surface area (Å²) in [6, 6.07) is 9.16.